The first kappa shape index (κ1) is 13.0. The quantitative estimate of drug-likeness (QED) is 0.833. The number of alkyl halides is 3. The number of aliphatic hydroxyl groups excluding tert-OH is 1. The highest BCUT2D eigenvalue weighted by atomic mass is 35.5. The highest BCUT2D eigenvalue weighted by Gasteiger charge is 2.35. The van der Waals surface area contributed by atoms with Crippen LogP contribution in [-0.4, -0.2) is 35.3 Å². The van der Waals surface area contributed by atoms with Crippen LogP contribution in [0.1, 0.15) is 5.82 Å². The highest BCUT2D eigenvalue weighted by Crippen LogP contribution is 2.28. The summed E-state index contributed by atoms with van der Waals surface area (Å²) in [6.45, 7) is -0.0376. The zero-order chi connectivity index (χ0) is 12.3. The molecule has 1 aromatic heterocycles. The van der Waals surface area contributed by atoms with Gasteiger partial charge in [0.1, 0.15) is 11.0 Å². The van der Waals surface area contributed by atoms with Crippen LogP contribution in [0.4, 0.5) is 19.0 Å². The summed E-state index contributed by atoms with van der Waals surface area (Å²) in [7, 11) is 1.50. The van der Waals surface area contributed by atoms with Crippen LogP contribution in [-0.2, 0) is 6.18 Å². The van der Waals surface area contributed by atoms with Crippen LogP contribution >= 0.6 is 11.6 Å². The number of aromatic nitrogens is 2. The Hall–Kier alpha value is -1.08. The molecule has 0 unspecified atom stereocenters. The lowest BCUT2D eigenvalue weighted by Crippen LogP contribution is -2.24. The monoisotopic (exact) mass is 255 g/mol. The molecule has 1 rings (SSSR count). The number of aliphatic hydroxyl groups is 1. The molecule has 0 aliphatic carbocycles. The fraction of sp³-hybridized carbons (Fsp3) is 0.500. The van der Waals surface area contributed by atoms with E-state index in [1.807, 2.05) is 0 Å². The molecule has 0 amide bonds. The largest absolute Gasteiger partial charge is 0.451 e. The molecule has 0 atom stereocenters. The molecular formula is C8H9ClF3N3O. The van der Waals surface area contributed by atoms with E-state index < -0.39 is 12.0 Å². The van der Waals surface area contributed by atoms with Crippen LogP contribution in [0.15, 0.2) is 6.07 Å². The molecule has 1 heterocycles. The van der Waals surface area contributed by atoms with Gasteiger partial charge in [-0.15, -0.1) is 0 Å². The molecule has 0 aromatic carbocycles. The van der Waals surface area contributed by atoms with Crippen molar-refractivity contribution >= 4 is 17.4 Å². The minimum Gasteiger partial charge on any atom is -0.395 e. The maximum Gasteiger partial charge on any atom is 0.451 e. The molecule has 1 aromatic rings. The fourth-order valence-electron chi connectivity index (χ4n) is 0.993. The second-order valence-electron chi connectivity index (χ2n) is 3.02. The number of likely N-dealkylation sites (N-methyl/N-ethyl adjacent to an activating group) is 1. The second kappa shape index (κ2) is 4.84. The smallest absolute Gasteiger partial charge is 0.395 e. The molecule has 0 radical (unpaired) electrons. The average molecular weight is 256 g/mol. The van der Waals surface area contributed by atoms with Crippen molar-refractivity contribution in [3.63, 3.8) is 0 Å². The zero-order valence-electron chi connectivity index (χ0n) is 8.29. The second-order valence-corrected chi connectivity index (χ2v) is 3.40. The maximum absolute atomic E-state index is 12.3. The van der Waals surface area contributed by atoms with Gasteiger partial charge < -0.3 is 10.0 Å². The Kier molecular flexibility index (Phi) is 3.93. The third kappa shape index (κ3) is 3.21. The zero-order valence-corrected chi connectivity index (χ0v) is 9.05. The minimum absolute atomic E-state index is 0.0152. The molecule has 1 N–H and O–H groups in total. The van der Waals surface area contributed by atoms with Gasteiger partial charge in [0.15, 0.2) is 0 Å². The molecule has 4 nitrogen and oxygen atoms in total. The molecule has 0 saturated heterocycles. The number of rotatable bonds is 3. The van der Waals surface area contributed by atoms with E-state index in [0.29, 0.717) is 0 Å². The Morgan fingerprint density at radius 2 is 2.06 bits per heavy atom. The van der Waals surface area contributed by atoms with Crippen LogP contribution in [0.25, 0.3) is 0 Å². The summed E-state index contributed by atoms with van der Waals surface area (Å²) in [5.41, 5.74) is 0. The van der Waals surface area contributed by atoms with Crippen molar-refractivity contribution in [2.75, 3.05) is 25.1 Å². The molecule has 90 valence electrons. The van der Waals surface area contributed by atoms with Crippen LogP contribution in [0, 0.1) is 0 Å². The average Bonchev–Trinajstić information content (AvgIpc) is 2.16. The normalized spacial score (nSPS) is 11.6. The van der Waals surface area contributed by atoms with Crippen molar-refractivity contribution in [2.24, 2.45) is 0 Å². The van der Waals surface area contributed by atoms with E-state index in [0.717, 1.165) is 0 Å². The van der Waals surface area contributed by atoms with Gasteiger partial charge in [-0.2, -0.15) is 13.2 Å². The van der Waals surface area contributed by atoms with Gasteiger partial charge in [-0.3, -0.25) is 0 Å². The van der Waals surface area contributed by atoms with Crippen molar-refractivity contribution < 1.29 is 18.3 Å². The van der Waals surface area contributed by atoms with Gasteiger partial charge in [0.05, 0.1) is 6.61 Å². The number of anilines is 1. The fourth-order valence-corrected chi connectivity index (χ4v) is 1.17. The van der Waals surface area contributed by atoms with Gasteiger partial charge in [0, 0.05) is 19.7 Å². The summed E-state index contributed by atoms with van der Waals surface area (Å²) >= 11 is 5.46. The van der Waals surface area contributed by atoms with Crippen LogP contribution < -0.4 is 4.90 Å². The van der Waals surface area contributed by atoms with Crippen molar-refractivity contribution in [1.82, 2.24) is 9.97 Å². The van der Waals surface area contributed by atoms with Crippen molar-refractivity contribution in [3.8, 4) is 0 Å². The van der Waals surface area contributed by atoms with Gasteiger partial charge in [-0.1, -0.05) is 11.6 Å². The minimum atomic E-state index is -4.64. The van der Waals surface area contributed by atoms with E-state index >= 15 is 0 Å². The molecule has 16 heavy (non-hydrogen) atoms. The molecule has 0 bridgehead atoms. The molecule has 0 saturated carbocycles. The lowest BCUT2D eigenvalue weighted by atomic mass is 10.4. The highest BCUT2D eigenvalue weighted by molar-refractivity contribution is 6.29. The van der Waals surface area contributed by atoms with Crippen LogP contribution in [0.2, 0.25) is 5.15 Å². The number of hydrogen-bond acceptors (Lipinski definition) is 4. The Morgan fingerprint density at radius 3 is 2.56 bits per heavy atom. The lowest BCUT2D eigenvalue weighted by molar-refractivity contribution is -0.144. The van der Waals surface area contributed by atoms with Gasteiger partial charge in [0.2, 0.25) is 5.82 Å². The molecule has 0 spiro atoms. The SMILES string of the molecule is CN(CCO)c1cc(Cl)nc(C(F)(F)F)n1. The van der Waals surface area contributed by atoms with E-state index in [1.165, 1.54) is 18.0 Å². The maximum atomic E-state index is 12.3. The first-order valence-corrected chi connectivity index (χ1v) is 4.66. The third-order valence-electron chi connectivity index (χ3n) is 1.76. The van der Waals surface area contributed by atoms with Gasteiger partial charge in [-0.05, 0) is 0 Å². The molecule has 0 aliphatic rings. The van der Waals surface area contributed by atoms with Crippen molar-refractivity contribution in [2.45, 2.75) is 6.18 Å². The van der Waals surface area contributed by atoms with Gasteiger partial charge in [0.25, 0.3) is 0 Å². The van der Waals surface area contributed by atoms with Crippen LogP contribution in [0.3, 0.4) is 0 Å². The van der Waals surface area contributed by atoms with E-state index in [9.17, 15) is 13.2 Å². The Bertz CT molecular complexity index is 372. The van der Waals surface area contributed by atoms with Crippen LogP contribution in [0.5, 0.6) is 0 Å². The predicted octanol–water partition coefficient (Wildman–Crippen LogP) is 1.58. The lowest BCUT2D eigenvalue weighted by Gasteiger charge is -2.17. The first-order chi connectivity index (χ1) is 7.34. The third-order valence-corrected chi connectivity index (χ3v) is 1.96. The summed E-state index contributed by atoms with van der Waals surface area (Å²) in [5.74, 6) is -1.28. The van der Waals surface area contributed by atoms with E-state index in [4.69, 9.17) is 16.7 Å². The van der Waals surface area contributed by atoms with E-state index in [1.54, 1.807) is 0 Å². The summed E-state index contributed by atoms with van der Waals surface area (Å²) in [6.07, 6.45) is -4.64. The Labute approximate surface area is 94.7 Å². The topological polar surface area (TPSA) is 49.2 Å². The number of halogens is 4. The summed E-state index contributed by atoms with van der Waals surface area (Å²) in [4.78, 5) is 7.76. The molecule has 8 heteroatoms. The van der Waals surface area contributed by atoms with Crippen molar-refractivity contribution in [3.05, 3.63) is 17.0 Å². The standard InChI is InChI=1S/C8H9ClF3N3O/c1-15(2-3-16)6-4-5(9)13-7(14-6)8(10,11)12/h4,16H,2-3H2,1H3. The summed E-state index contributed by atoms with van der Waals surface area (Å²) in [6, 6.07) is 1.20. The summed E-state index contributed by atoms with van der Waals surface area (Å²) in [5, 5.41) is 8.37. The summed E-state index contributed by atoms with van der Waals surface area (Å²) < 4.78 is 37.0. The van der Waals surface area contributed by atoms with E-state index in [2.05, 4.69) is 9.97 Å². The number of nitrogens with zero attached hydrogens (tertiary/aromatic N) is 3. The number of hydrogen-bond donors (Lipinski definition) is 1. The van der Waals surface area contributed by atoms with E-state index in [-0.39, 0.29) is 24.1 Å². The molecular weight excluding hydrogens is 247 g/mol. The predicted molar refractivity (Wildman–Crippen MR) is 52.4 cm³/mol. The van der Waals surface area contributed by atoms with Gasteiger partial charge in [-0.25, -0.2) is 9.97 Å². The Balaban J connectivity index is 3.08. The first-order valence-electron chi connectivity index (χ1n) is 4.28. The van der Waals surface area contributed by atoms with Gasteiger partial charge >= 0.3 is 6.18 Å². The van der Waals surface area contributed by atoms with Crippen molar-refractivity contribution in [1.29, 1.82) is 0 Å². The Morgan fingerprint density at radius 1 is 1.44 bits per heavy atom. The molecule has 0 fully saturated rings. The molecule has 0 aliphatic heterocycles.